The van der Waals surface area contributed by atoms with Crippen LogP contribution in [0.4, 0.5) is 5.88 Å². The van der Waals surface area contributed by atoms with Gasteiger partial charge < -0.3 is 14.8 Å². The average Bonchev–Trinajstić information content (AvgIpc) is 2.82. The highest BCUT2D eigenvalue weighted by atomic mass is 16.4. The zero-order valence-corrected chi connectivity index (χ0v) is 8.69. The third-order valence-electron chi connectivity index (χ3n) is 2.59. The van der Waals surface area contributed by atoms with E-state index in [9.17, 15) is 4.79 Å². The van der Waals surface area contributed by atoms with Gasteiger partial charge in [0.1, 0.15) is 0 Å². The van der Waals surface area contributed by atoms with Gasteiger partial charge in [-0.05, 0) is 25.3 Å². The topological polar surface area (TPSA) is 62.5 Å². The van der Waals surface area contributed by atoms with Crippen molar-refractivity contribution in [3.8, 4) is 0 Å². The van der Waals surface area contributed by atoms with Crippen LogP contribution in [0.5, 0.6) is 0 Å². The minimum absolute atomic E-state index is 0.0175. The fraction of sp³-hybridized carbons (Fsp3) is 0.545. The fourth-order valence-corrected chi connectivity index (χ4v) is 1.69. The highest BCUT2D eigenvalue weighted by Crippen LogP contribution is 2.34. The first-order chi connectivity index (χ1) is 7.15. The number of nitrogens with one attached hydrogen (secondary N) is 1. The second kappa shape index (κ2) is 3.96. The second-order valence-electron chi connectivity index (χ2n) is 4.19. The van der Waals surface area contributed by atoms with Gasteiger partial charge in [-0.3, -0.25) is 0 Å². The molecule has 4 nitrogen and oxygen atoms in total. The Bertz CT molecular complexity index is 354. The maximum atomic E-state index is 10.6. The molecule has 1 aliphatic carbocycles. The second-order valence-corrected chi connectivity index (χ2v) is 4.19. The lowest BCUT2D eigenvalue weighted by Gasteiger charge is -2.11. The summed E-state index contributed by atoms with van der Waals surface area (Å²) in [5.74, 6) is 0.343. The molecule has 0 amide bonds. The van der Waals surface area contributed by atoms with E-state index in [4.69, 9.17) is 9.52 Å². The van der Waals surface area contributed by atoms with E-state index in [0.29, 0.717) is 11.9 Å². The lowest BCUT2D eigenvalue weighted by molar-refractivity contribution is 0.0663. The molecule has 0 aliphatic heterocycles. The summed E-state index contributed by atoms with van der Waals surface area (Å²) >= 11 is 0. The molecule has 1 heterocycles. The van der Waals surface area contributed by atoms with Gasteiger partial charge in [-0.2, -0.15) is 0 Å². The van der Waals surface area contributed by atoms with E-state index in [2.05, 4.69) is 12.2 Å². The first-order valence-electron chi connectivity index (χ1n) is 5.25. The summed E-state index contributed by atoms with van der Waals surface area (Å²) in [6.45, 7) is 2.08. The molecule has 1 aliphatic rings. The third-order valence-corrected chi connectivity index (χ3v) is 2.59. The molecule has 4 heteroatoms. The van der Waals surface area contributed by atoms with Crippen molar-refractivity contribution in [2.24, 2.45) is 5.92 Å². The number of hydrogen-bond donors (Lipinski definition) is 2. The first-order valence-corrected chi connectivity index (χ1v) is 5.25. The predicted octanol–water partition coefficient (Wildman–Crippen LogP) is 2.58. The molecule has 82 valence electrons. The summed E-state index contributed by atoms with van der Waals surface area (Å²) in [6, 6.07) is 3.46. The highest BCUT2D eigenvalue weighted by molar-refractivity contribution is 5.84. The van der Waals surface area contributed by atoms with Crippen LogP contribution in [0.1, 0.15) is 36.7 Å². The molecule has 1 atom stereocenters. The molecule has 1 aromatic heterocycles. The predicted molar refractivity (Wildman–Crippen MR) is 56.1 cm³/mol. The van der Waals surface area contributed by atoms with Crippen molar-refractivity contribution >= 4 is 11.9 Å². The monoisotopic (exact) mass is 209 g/mol. The Labute approximate surface area is 88.3 Å². The molecule has 0 aromatic carbocycles. The smallest absolute Gasteiger partial charge is 0.371 e. The minimum Gasteiger partial charge on any atom is -0.475 e. The van der Waals surface area contributed by atoms with Crippen molar-refractivity contribution in [2.45, 2.75) is 32.2 Å². The van der Waals surface area contributed by atoms with Gasteiger partial charge in [0.2, 0.25) is 5.76 Å². The summed E-state index contributed by atoms with van der Waals surface area (Å²) in [5.41, 5.74) is 0. The number of furan rings is 1. The van der Waals surface area contributed by atoms with Gasteiger partial charge in [-0.25, -0.2) is 4.79 Å². The Morgan fingerprint density at radius 1 is 1.67 bits per heavy atom. The van der Waals surface area contributed by atoms with Gasteiger partial charge in [-0.1, -0.05) is 12.8 Å². The normalized spacial score (nSPS) is 17.4. The molecular weight excluding hydrogens is 194 g/mol. The lowest BCUT2D eigenvalue weighted by Crippen LogP contribution is -2.15. The molecule has 15 heavy (non-hydrogen) atoms. The Kier molecular flexibility index (Phi) is 2.66. The molecule has 0 saturated heterocycles. The molecule has 0 spiro atoms. The van der Waals surface area contributed by atoms with Gasteiger partial charge in [0.25, 0.3) is 0 Å². The van der Waals surface area contributed by atoms with Crippen LogP contribution in [0.15, 0.2) is 16.5 Å². The number of anilines is 1. The van der Waals surface area contributed by atoms with Crippen molar-refractivity contribution in [1.82, 2.24) is 0 Å². The molecule has 0 bridgehead atoms. The number of rotatable bonds is 5. The zero-order valence-electron chi connectivity index (χ0n) is 8.69. The number of carbonyl (C=O) groups is 1. The van der Waals surface area contributed by atoms with Crippen LogP contribution in [0.3, 0.4) is 0 Å². The van der Waals surface area contributed by atoms with Gasteiger partial charge >= 0.3 is 5.97 Å². The van der Waals surface area contributed by atoms with E-state index in [1.54, 1.807) is 6.07 Å². The Morgan fingerprint density at radius 3 is 2.93 bits per heavy atom. The van der Waals surface area contributed by atoms with Crippen molar-refractivity contribution in [1.29, 1.82) is 0 Å². The lowest BCUT2D eigenvalue weighted by atomic mass is 10.2. The summed E-state index contributed by atoms with van der Waals surface area (Å²) in [6.07, 6.45) is 3.78. The van der Waals surface area contributed by atoms with E-state index in [1.165, 1.54) is 18.9 Å². The molecule has 2 rings (SSSR count). The van der Waals surface area contributed by atoms with Crippen LogP contribution in [0.2, 0.25) is 0 Å². The average molecular weight is 209 g/mol. The first kappa shape index (κ1) is 10.1. The third kappa shape index (κ3) is 2.75. The highest BCUT2D eigenvalue weighted by Gasteiger charge is 2.23. The molecule has 1 unspecified atom stereocenters. The van der Waals surface area contributed by atoms with Gasteiger partial charge in [0, 0.05) is 12.1 Å². The quantitative estimate of drug-likeness (QED) is 0.782. The summed E-state index contributed by atoms with van der Waals surface area (Å²) in [7, 11) is 0. The SMILES string of the molecule is CC(CC1CC1)Nc1ccc(C(=O)O)o1. The van der Waals surface area contributed by atoms with Crippen LogP contribution in [0.25, 0.3) is 0 Å². The van der Waals surface area contributed by atoms with Gasteiger partial charge in [-0.15, -0.1) is 0 Å². The maximum Gasteiger partial charge on any atom is 0.371 e. The van der Waals surface area contributed by atoms with Crippen molar-refractivity contribution in [2.75, 3.05) is 5.32 Å². The fourth-order valence-electron chi connectivity index (χ4n) is 1.69. The van der Waals surface area contributed by atoms with Crippen molar-refractivity contribution < 1.29 is 14.3 Å². The number of carboxylic acids is 1. The minimum atomic E-state index is -1.03. The summed E-state index contributed by atoms with van der Waals surface area (Å²) in [5, 5.41) is 11.8. The largest absolute Gasteiger partial charge is 0.475 e. The maximum absolute atomic E-state index is 10.6. The van der Waals surface area contributed by atoms with E-state index < -0.39 is 5.97 Å². The molecule has 2 N–H and O–H groups in total. The van der Waals surface area contributed by atoms with Crippen molar-refractivity contribution in [3.05, 3.63) is 17.9 Å². The Morgan fingerprint density at radius 2 is 2.40 bits per heavy atom. The van der Waals surface area contributed by atoms with Crippen LogP contribution >= 0.6 is 0 Å². The molecule has 0 radical (unpaired) electrons. The number of carboxylic acid groups (broad SMARTS) is 1. The Balaban J connectivity index is 1.88. The van der Waals surface area contributed by atoms with E-state index in [1.807, 2.05) is 0 Å². The van der Waals surface area contributed by atoms with Crippen molar-refractivity contribution in [3.63, 3.8) is 0 Å². The number of hydrogen-bond acceptors (Lipinski definition) is 3. The van der Waals surface area contributed by atoms with Crippen LogP contribution in [-0.4, -0.2) is 17.1 Å². The van der Waals surface area contributed by atoms with Gasteiger partial charge in [0.05, 0.1) is 0 Å². The van der Waals surface area contributed by atoms with E-state index in [-0.39, 0.29) is 5.76 Å². The molecule has 1 fully saturated rings. The molecular formula is C11H15NO3. The zero-order chi connectivity index (χ0) is 10.8. The molecule has 1 aromatic rings. The standard InChI is InChI=1S/C11H15NO3/c1-7(6-8-2-3-8)12-10-5-4-9(15-10)11(13)14/h4-5,7-8,12H,2-3,6H2,1H3,(H,13,14). The summed E-state index contributed by atoms with van der Waals surface area (Å²) in [4.78, 5) is 10.6. The summed E-state index contributed by atoms with van der Waals surface area (Å²) < 4.78 is 5.11. The van der Waals surface area contributed by atoms with Crippen LogP contribution < -0.4 is 5.32 Å². The van der Waals surface area contributed by atoms with E-state index >= 15 is 0 Å². The van der Waals surface area contributed by atoms with Crippen LogP contribution in [-0.2, 0) is 0 Å². The molecule has 1 saturated carbocycles. The van der Waals surface area contributed by atoms with Crippen LogP contribution in [0, 0.1) is 5.92 Å². The van der Waals surface area contributed by atoms with E-state index in [0.717, 1.165) is 12.3 Å². The number of aromatic carboxylic acids is 1. The Hall–Kier alpha value is -1.45. The van der Waals surface area contributed by atoms with Gasteiger partial charge in [0.15, 0.2) is 5.88 Å².